The SMILES string of the molecule is COc1ccc(C(C)=NNC(=O)COc2ccc(Br)cc2C)c(OC)c1. The van der Waals surface area contributed by atoms with Crippen LogP contribution >= 0.6 is 15.9 Å². The third-order valence-corrected chi connectivity index (χ3v) is 4.14. The van der Waals surface area contributed by atoms with E-state index in [2.05, 4.69) is 26.5 Å². The molecule has 0 bridgehead atoms. The summed E-state index contributed by atoms with van der Waals surface area (Å²) in [7, 11) is 3.15. The van der Waals surface area contributed by atoms with Crippen molar-refractivity contribution in [2.75, 3.05) is 20.8 Å². The van der Waals surface area contributed by atoms with Crippen LogP contribution in [-0.4, -0.2) is 32.4 Å². The topological polar surface area (TPSA) is 69.2 Å². The van der Waals surface area contributed by atoms with Gasteiger partial charge in [-0.15, -0.1) is 0 Å². The Kier molecular flexibility index (Phi) is 7.03. The summed E-state index contributed by atoms with van der Waals surface area (Å²) in [6, 6.07) is 11.0. The molecule has 0 radical (unpaired) electrons. The number of halogens is 1. The van der Waals surface area contributed by atoms with Crippen molar-refractivity contribution in [1.29, 1.82) is 0 Å². The summed E-state index contributed by atoms with van der Waals surface area (Å²) in [6.45, 7) is 3.57. The van der Waals surface area contributed by atoms with Crippen molar-refractivity contribution in [2.45, 2.75) is 13.8 Å². The monoisotopic (exact) mass is 420 g/mol. The van der Waals surface area contributed by atoms with Gasteiger partial charge in [-0.1, -0.05) is 15.9 Å². The number of amides is 1. The number of carbonyl (C=O) groups is 1. The molecule has 6 nitrogen and oxygen atoms in total. The van der Waals surface area contributed by atoms with Crippen molar-refractivity contribution in [3.05, 3.63) is 52.0 Å². The van der Waals surface area contributed by atoms with Crippen molar-refractivity contribution in [1.82, 2.24) is 5.43 Å². The minimum absolute atomic E-state index is 0.126. The first-order chi connectivity index (χ1) is 12.4. The van der Waals surface area contributed by atoms with E-state index in [1.807, 2.05) is 31.2 Å². The van der Waals surface area contributed by atoms with E-state index in [0.29, 0.717) is 23.0 Å². The number of methoxy groups -OCH3 is 2. The van der Waals surface area contributed by atoms with E-state index in [1.165, 1.54) is 0 Å². The molecular formula is C19H21BrN2O4. The number of hydrogen-bond donors (Lipinski definition) is 1. The molecule has 0 heterocycles. The van der Waals surface area contributed by atoms with Gasteiger partial charge in [-0.05, 0) is 49.7 Å². The van der Waals surface area contributed by atoms with E-state index in [-0.39, 0.29) is 12.5 Å². The molecule has 0 spiro atoms. The van der Waals surface area contributed by atoms with Crippen LogP contribution in [-0.2, 0) is 4.79 Å². The van der Waals surface area contributed by atoms with Gasteiger partial charge >= 0.3 is 0 Å². The maximum atomic E-state index is 12.0. The molecule has 0 saturated heterocycles. The lowest BCUT2D eigenvalue weighted by Gasteiger charge is -2.11. The van der Waals surface area contributed by atoms with Crippen LogP contribution in [0.5, 0.6) is 17.2 Å². The number of nitrogens with zero attached hydrogens (tertiary/aromatic N) is 1. The Balaban J connectivity index is 1.98. The van der Waals surface area contributed by atoms with Crippen LogP contribution in [0.25, 0.3) is 0 Å². The van der Waals surface area contributed by atoms with E-state index >= 15 is 0 Å². The minimum Gasteiger partial charge on any atom is -0.497 e. The number of rotatable bonds is 7. The maximum Gasteiger partial charge on any atom is 0.277 e. The number of carbonyl (C=O) groups excluding carboxylic acids is 1. The largest absolute Gasteiger partial charge is 0.497 e. The summed E-state index contributed by atoms with van der Waals surface area (Å²) in [5.74, 6) is 1.60. The fourth-order valence-electron chi connectivity index (χ4n) is 2.25. The molecule has 0 atom stereocenters. The third kappa shape index (κ3) is 5.23. The summed E-state index contributed by atoms with van der Waals surface area (Å²) in [6.07, 6.45) is 0. The number of nitrogens with one attached hydrogen (secondary N) is 1. The smallest absolute Gasteiger partial charge is 0.277 e. The number of hydrogen-bond acceptors (Lipinski definition) is 5. The predicted molar refractivity (Wildman–Crippen MR) is 104 cm³/mol. The van der Waals surface area contributed by atoms with Crippen LogP contribution in [0.3, 0.4) is 0 Å². The van der Waals surface area contributed by atoms with Gasteiger partial charge in [0.2, 0.25) is 0 Å². The molecule has 2 rings (SSSR count). The fourth-order valence-corrected chi connectivity index (χ4v) is 2.73. The highest BCUT2D eigenvalue weighted by Gasteiger charge is 2.09. The zero-order valence-corrected chi connectivity index (χ0v) is 16.7. The number of ether oxygens (including phenoxy) is 3. The average molecular weight is 421 g/mol. The molecule has 0 fully saturated rings. The summed E-state index contributed by atoms with van der Waals surface area (Å²) in [5, 5.41) is 4.12. The van der Waals surface area contributed by atoms with Gasteiger partial charge in [0.05, 0.1) is 19.9 Å². The van der Waals surface area contributed by atoms with Gasteiger partial charge in [0.1, 0.15) is 17.2 Å². The zero-order valence-electron chi connectivity index (χ0n) is 15.1. The first-order valence-electron chi connectivity index (χ1n) is 7.89. The van der Waals surface area contributed by atoms with E-state index in [0.717, 1.165) is 15.6 Å². The van der Waals surface area contributed by atoms with Gasteiger partial charge < -0.3 is 14.2 Å². The minimum atomic E-state index is -0.348. The molecule has 0 unspecified atom stereocenters. The second-order valence-electron chi connectivity index (χ2n) is 5.50. The van der Waals surface area contributed by atoms with Gasteiger partial charge in [-0.3, -0.25) is 4.79 Å². The first-order valence-corrected chi connectivity index (χ1v) is 8.68. The lowest BCUT2D eigenvalue weighted by Crippen LogP contribution is -2.25. The normalized spacial score (nSPS) is 11.0. The molecule has 26 heavy (non-hydrogen) atoms. The lowest BCUT2D eigenvalue weighted by molar-refractivity contribution is -0.123. The van der Waals surface area contributed by atoms with Crippen LogP contribution in [0, 0.1) is 6.92 Å². The molecular weight excluding hydrogens is 400 g/mol. The fraction of sp³-hybridized carbons (Fsp3) is 0.263. The van der Waals surface area contributed by atoms with Crippen molar-refractivity contribution in [2.24, 2.45) is 5.10 Å². The summed E-state index contributed by atoms with van der Waals surface area (Å²) < 4.78 is 17.0. The van der Waals surface area contributed by atoms with Crippen LogP contribution in [0.15, 0.2) is 46.0 Å². The van der Waals surface area contributed by atoms with Gasteiger partial charge in [-0.25, -0.2) is 5.43 Å². The van der Waals surface area contributed by atoms with Crippen LogP contribution in [0.2, 0.25) is 0 Å². The standard InChI is InChI=1S/C19H21BrN2O4/c1-12-9-14(20)5-8-17(12)26-11-19(23)22-21-13(2)16-7-6-15(24-3)10-18(16)25-4/h5-10H,11H2,1-4H3,(H,22,23). The molecule has 0 aromatic heterocycles. The molecule has 2 aromatic rings. The predicted octanol–water partition coefficient (Wildman–Crippen LogP) is 3.69. The number of aryl methyl sites for hydroxylation is 1. The maximum absolute atomic E-state index is 12.0. The third-order valence-electron chi connectivity index (χ3n) is 3.64. The lowest BCUT2D eigenvalue weighted by atomic mass is 10.1. The van der Waals surface area contributed by atoms with Gasteiger partial charge in [0.25, 0.3) is 5.91 Å². The second kappa shape index (κ2) is 9.24. The molecule has 2 aromatic carbocycles. The molecule has 7 heteroatoms. The van der Waals surface area contributed by atoms with Crippen LogP contribution < -0.4 is 19.6 Å². The van der Waals surface area contributed by atoms with Crippen LogP contribution in [0.4, 0.5) is 0 Å². The molecule has 0 aliphatic heterocycles. The second-order valence-corrected chi connectivity index (χ2v) is 6.41. The van der Waals surface area contributed by atoms with Crippen molar-refractivity contribution in [3.63, 3.8) is 0 Å². The molecule has 138 valence electrons. The summed E-state index contributed by atoms with van der Waals surface area (Å²) in [5.41, 5.74) is 4.80. The number of hydrazone groups is 1. The summed E-state index contributed by atoms with van der Waals surface area (Å²) in [4.78, 5) is 12.0. The molecule has 0 aliphatic rings. The van der Waals surface area contributed by atoms with Crippen molar-refractivity contribution in [3.8, 4) is 17.2 Å². The van der Waals surface area contributed by atoms with Gasteiger partial charge in [0.15, 0.2) is 6.61 Å². The van der Waals surface area contributed by atoms with E-state index in [1.54, 1.807) is 33.3 Å². The highest BCUT2D eigenvalue weighted by Crippen LogP contribution is 2.25. The van der Waals surface area contributed by atoms with Crippen LogP contribution in [0.1, 0.15) is 18.1 Å². The van der Waals surface area contributed by atoms with Gasteiger partial charge in [-0.2, -0.15) is 5.10 Å². The van der Waals surface area contributed by atoms with E-state index in [9.17, 15) is 4.79 Å². The Morgan fingerprint density at radius 2 is 1.88 bits per heavy atom. The Morgan fingerprint density at radius 1 is 1.12 bits per heavy atom. The van der Waals surface area contributed by atoms with E-state index < -0.39 is 0 Å². The number of benzene rings is 2. The van der Waals surface area contributed by atoms with Crippen molar-refractivity contribution >= 4 is 27.5 Å². The molecule has 0 saturated carbocycles. The first kappa shape index (κ1) is 19.8. The molecule has 0 aliphatic carbocycles. The Morgan fingerprint density at radius 3 is 2.54 bits per heavy atom. The molecule has 1 amide bonds. The van der Waals surface area contributed by atoms with Crippen molar-refractivity contribution < 1.29 is 19.0 Å². The average Bonchev–Trinajstić information content (AvgIpc) is 2.64. The Bertz CT molecular complexity index is 821. The highest BCUT2D eigenvalue weighted by molar-refractivity contribution is 9.10. The Labute approximate surface area is 161 Å². The quantitative estimate of drug-likeness (QED) is 0.547. The summed E-state index contributed by atoms with van der Waals surface area (Å²) >= 11 is 3.39. The Hall–Kier alpha value is -2.54. The highest BCUT2D eigenvalue weighted by atomic mass is 79.9. The van der Waals surface area contributed by atoms with E-state index in [4.69, 9.17) is 14.2 Å². The zero-order chi connectivity index (χ0) is 19.1. The van der Waals surface area contributed by atoms with Gasteiger partial charge in [0, 0.05) is 16.1 Å². The molecule has 1 N–H and O–H groups in total.